The van der Waals surface area contributed by atoms with E-state index in [1.807, 2.05) is 0 Å². The molecule has 0 atom stereocenters. The van der Waals surface area contributed by atoms with E-state index in [0.717, 1.165) is 18.2 Å². The van der Waals surface area contributed by atoms with Crippen LogP contribution in [0, 0.1) is 18.6 Å². The summed E-state index contributed by atoms with van der Waals surface area (Å²) in [6.45, 7) is 1.68. The monoisotopic (exact) mass is 707 g/mol. The van der Waals surface area contributed by atoms with Gasteiger partial charge in [-0.1, -0.05) is 19.2 Å². The van der Waals surface area contributed by atoms with Gasteiger partial charge in [-0.25, -0.2) is 17.6 Å². The van der Waals surface area contributed by atoms with Crippen molar-refractivity contribution in [3.05, 3.63) is 86.7 Å². The number of nitrogens with zero attached hydrogens (tertiary/aromatic N) is 1. The number of amides is 1. The number of hydrogen-bond acceptors (Lipinski definition) is 7. The Labute approximate surface area is 261 Å². The third kappa shape index (κ3) is 6.07. The number of fused-ring (bicyclic) bond motifs is 2. The molecule has 2 aliphatic rings. The van der Waals surface area contributed by atoms with Gasteiger partial charge in [-0.15, -0.1) is 0 Å². The van der Waals surface area contributed by atoms with Gasteiger partial charge in [0, 0.05) is 5.56 Å². The Morgan fingerprint density at radius 1 is 0.957 bits per heavy atom. The average Bonchev–Trinajstić information content (AvgIpc) is 2.92. The molecule has 4 rings (SSSR count). The summed E-state index contributed by atoms with van der Waals surface area (Å²) >= 11 is 0. The van der Waals surface area contributed by atoms with Crippen LogP contribution >= 0.6 is 0 Å². The van der Waals surface area contributed by atoms with E-state index in [0.29, 0.717) is 17.0 Å². The summed E-state index contributed by atoms with van der Waals surface area (Å²) in [7, 11) is -10.7. The normalized spacial score (nSPS) is 16.0. The van der Waals surface area contributed by atoms with Crippen molar-refractivity contribution in [2.75, 3.05) is 13.1 Å². The minimum atomic E-state index is -6.60. The highest BCUT2D eigenvalue weighted by molar-refractivity contribution is 7.88. The van der Waals surface area contributed by atoms with Gasteiger partial charge < -0.3 is 19.3 Å². The standard InChI is InChI=1S/C28H20F7NO9SSi/c1-11-6-12(27(42)36(9-18(37)38)10-19(39)40)4-5-13(11)20-14-7-16(29)23(41)21(31)25(14)47(2,3)26-15(20)8-17(30)24(22(26)32)45-46(43,44)28(33,34)35/h4-8H,9-10H2,1-3H3,(H,37,38)(H,39,40). The van der Waals surface area contributed by atoms with Crippen LogP contribution in [0.25, 0.3) is 5.57 Å². The van der Waals surface area contributed by atoms with Gasteiger partial charge in [0.15, 0.2) is 23.3 Å². The fourth-order valence-corrected chi connectivity index (χ4v) is 9.18. The summed E-state index contributed by atoms with van der Waals surface area (Å²) in [6.07, 6.45) is 0.599. The van der Waals surface area contributed by atoms with Crippen LogP contribution in [-0.4, -0.2) is 73.8 Å². The second-order valence-corrected chi connectivity index (χ2v) is 16.6. The van der Waals surface area contributed by atoms with Gasteiger partial charge in [0.05, 0.1) is 0 Å². The Balaban J connectivity index is 2.04. The molecule has 1 heterocycles. The van der Waals surface area contributed by atoms with E-state index in [1.165, 1.54) is 20.0 Å². The maximum Gasteiger partial charge on any atom is 0.534 e. The lowest BCUT2D eigenvalue weighted by atomic mass is 9.86. The van der Waals surface area contributed by atoms with Crippen LogP contribution in [-0.2, 0) is 24.5 Å². The number of halogens is 7. The second-order valence-electron chi connectivity index (χ2n) is 10.8. The summed E-state index contributed by atoms with van der Waals surface area (Å²) in [5, 5.41) is 16.9. The molecular weight excluding hydrogens is 687 g/mol. The molecule has 1 amide bonds. The summed E-state index contributed by atoms with van der Waals surface area (Å²) < 4.78 is 128. The van der Waals surface area contributed by atoms with Crippen LogP contribution < -0.4 is 9.37 Å². The number of Topliss-reactive ketones (excluding diaryl/α,β-unsaturated/α-hetero) is 1. The van der Waals surface area contributed by atoms with Gasteiger partial charge in [-0.2, -0.15) is 21.6 Å². The maximum atomic E-state index is 16.1. The molecule has 2 N–H and O–H groups in total. The number of carboxylic acid groups (broad SMARTS) is 2. The van der Waals surface area contributed by atoms with Crippen LogP contribution in [0.4, 0.5) is 30.7 Å². The predicted octanol–water partition coefficient (Wildman–Crippen LogP) is 4.04. The van der Waals surface area contributed by atoms with Gasteiger partial charge >= 0.3 is 27.6 Å². The minimum absolute atomic E-state index is 0.0301. The first-order chi connectivity index (χ1) is 21.5. The maximum absolute atomic E-state index is 16.1. The van der Waals surface area contributed by atoms with Crippen LogP contribution in [0.2, 0.25) is 13.1 Å². The van der Waals surface area contributed by atoms with Crippen molar-refractivity contribution in [1.82, 2.24) is 4.90 Å². The third-order valence-corrected chi connectivity index (χ3v) is 11.7. The van der Waals surface area contributed by atoms with E-state index >= 15 is 13.2 Å². The summed E-state index contributed by atoms with van der Waals surface area (Å²) in [5.41, 5.74) is -7.66. The quantitative estimate of drug-likeness (QED) is 0.179. The number of aryl methyl sites for hydroxylation is 1. The van der Waals surface area contributed by atoms with E-state index in [9.17, 15) is 45.2 Å². The zero-order valence-electron chi connectivity index (χ0n) is 24.1. The summed E-state index contributed by atoms with van der Waals surface area (Å²) in [4.78, 5) is 48.2. The fourth-order valence-electron chi connectivity index (χ4n) is 5.40. The highest BCUT2D eigenvalue weighted by atomic mass is 32.2. The molecule has 2 aromatic rings. The molecular formula is C28H20F7NO9SSi. The Kier molecular flexibility index (Phi) is 8.79. The fraction of sp³-hybridized carbons (Fsp3) is 0.214. The first kappa shape index (κ1) is 35.1. The number of alkyl halides is 3. The second kappa shape index (κ2) is 11.8. The molecule has 0 saturated heterocycles. The van der Waals surface area contributed by atoms with E-state index in [2.05, 4.69) is 4.18 Å². The van der Waals surface area contributed by atoms with Crippen molar-refractivity contribution in [3.63, 3.8) is 0 Å². The molecule has 0 aromatic heterocycles. The third-order valence-electron chi connectivity index (χ3n) is 7.30. The van der Waals surface area contributed by atoms with Crippen molar-refractivity contribution >= 4 is 52.6 Å². The Morgan fingerprint density at radius 3 is 2.04 bits per heavy atom. The van der Waals surface area contributed by atoms with E-state index in [-0.39, 0.29) is 27.8 Å². The number of benzene rings is 2. The minimum Gasteiger partial charge on any atom is -0.480 e. The topological polar surface area (TPSA) is 155 Å². The van der Waals surface area contributed by atoms with Crippen LogP contribution in [0.15, 0.2) is 52.8 Å². The SMILES string of the molecule is Cc1cc(C(=O)N(CC(=O)O)CC(=O)O)ccc1C1=C2C=C(F)C(=O)C(F)=C2[Si](C)(C)c2c1cc(F)c(OS(=O)(=O)C(F)(F)F)c2F. The summed E-state index contributed by atoms with van der Waals surface area (Å²) in [5.74, 6) is -15.0. The number of allylic oxidation sites excluding steroid dienone is 5. The molecule has 0 bridgehead atoms. The number of carbonyl (C=O) groups excluding carboxylic acids is 2. The van der Waals surface area contributed by atoms with Crippen molar-refractivity contribution in [3.8, 4) is 5.75 Å². The number of carbonyl (C=O) groups is 4. The highest BCUT2D eigenvalue weighted by Crippen LogP contribution is 2.47. The molecule has 250 valence electrons. The van der Waals surface area contributed by atoms with E-state index < -0.39 is 105 Å². The van der Waals surface area contributed by atoms with Gasteiger partial charge in [0.25, 0.3) is 5.91 Å². The molecule has 0 fully saturated rings. The van der Waals surface area contributed by atoms with E-state index in [1.54, 1.807) is 0 Å². The van der Waals surface area contributed by atoms with Crippen LogP contribution in [0.5, 0.6) is 5.75 Å². The number of hydrogen-bond donors (Lipinski definition) is 2. The lowest BCUT2D eigenvalue weighted by molar-refractivity contribution is -0.140. The van der Waals surface area contributed by atoms with Gasteiger partial charge in [0.1, 0.15) is 21.2 Å². The molecule has 19 heteroatoms. The molecule has 47 heavy (non-hydrogen) atoms. The number of rotatable bonds is 8. The lowest BCUT2D eigenvalue weighted by Crippen LogP contribution is -2.52. The first-order valence-electron chi connectivity index (χ1n) is 13.0. The molecule has 0 radical (unpaired) electrons. The van der Waals surface area contributed by atoms with Gasteiger partial charge in [-0.05, 0) is 69.4 Å². The van der Waals surface area contributed by atoms with Crippen LogP contribution in [0.1, 0.15) is 27.0 Å². The molecule has 10 nitrogen and oxygen atoms in total. The van der Waals surface area contributed by atoms with Gasteiger partial charge in [0.2, 0.25) is 11.5 Å². The zero-order valence-corrected chi connectivity index (χ0v) is 25.9. The average molecular weight is 708 g/mol. The van der Waals surface area contributed by atoms with Crippen molar-refractivity contribution in [2.24, 2.45) is 0 Å². The Morgan fingerprint density at radius 2 is 1.53 bits per heavy atom. The summed E-state index contributed by atoms with van der Waals surface area (Å²) in [6, 6.07) is 3.67. The predicted molar refractivity (Wildman–Crippen MR) is 150 cm³/mol. The lowest BCUT2D eigenvalue weighted by Gasteiger charge is -2.38. The smallest absolute Gasteiger partial charge is 0.480 e. The molecule has 0 spiro atoms. The Hall–Kier alpha value is -4.78. The molecule has 1 aliphatic carbocycles. The van der Waals surface area contributed by atoms with Crippen molar-refractivity contribution < 1.29 is 72.7 Å². The molecule has 0 saturated carbocycles. The largest absolute Gasteiger partial charge is 0.534 e. The molecule has 0 unspecified atom stereocenters. The number of carboxylic acids is 2. The van der Waals surface area contributed by atoms with Crippen LogP contribution in [0.3, 0.4) is 0 Å². The molecule has 2 aromatic carbocycles. The van der Waals surface area contributed by atoms with E-state index in [4.69, 9.17) is 10.2 Å². The van der Waals surface area contributed by atoms with Gasteiger partial charge in [-0.3, -0.25) is 19.2 Å². The number of aliphatic carboxylic acids is 2. The highest BCUT2D eigenvalue weighted by Gasteiger charge is 2.51. The van der Waals surface area contributed by atoms with Crippen molar-refractivity contribution in [1.29, 1.82) is 0 Å². The Bertz CT molecular complexity index is 1980. The molecule has 1 aliphatic heterocycles. The van der Waals surface area contributed by atoms with Crippen molar-refractivity contribution in [2.45, 2.75) is 25.5 Å². The zero-order chi connectivity index (χ0) is 35.5. The first-order valence-corrected chi connectivity index (χ1v) is 17.4. The number of ketones is 1.